The van der Waals surface area contributed by atoms with E-state index in [0.29, 0.717) is 6.61 Å². The molecule has 0 atom stereocenters. The van der Waals surface area contributed by atoms with E-state index in [1.807, 2.05) is 11.3 Å². The zero-order valence-corrected chi connectivity index (χ0v) is 10.4. The molecule has 88 valence electrons. The highest BCUT2D eigenvalue weighted by Crippen LogP contribution is 2.31. The van der Waals surface area contributed by atoms with Crippen molar-refractivity contribution in [3.63, 3.8) is 0 Å². The Morgan fingerprint density at radius 1 is 1.38 bits per heavy atom. The third kappa shape index (κ3) is 2.94. The summed E-state index contributed by atoms with van der Waals surface area (Å²) in [5.74, 6) is 0. The molecule has 1 fully saturated rings. The molecule has 1 aliphatic heterocycles. The lowest BCUT2D eigenvalue weighted by molar-refractivity contribution is 0.290. The second kappa shape index (κ2) is 6.18. The standard InChI is InChI=1S/C13H19NOS/c15-9-1-3-12(13-4-2-10-16-13)11-5-7-14-8-6-11/h2,4,10,14-15H,1,3,5-9H2. The minimum absolute atomic E-state index is 0.292. The topological polar surface area (TPSA) is 32.3 Å². The van der Waals surface area contributed by atoms with Crippen molar-refractivity contribution in [1.29, 1.82) is 0 Å². The van der Waals surface area contributed by atoms with Gasteiger partial charge in [-0.25, -0.2) is 0 Å². The van der Waals surface area contributed by atoms with Gasteiger partial charge in [0.1, 0.15) is 0 Å². The molecule has 0 amide bonds. The quantitative estimate of drug-likeness (QED) is 0.844. The summed E-state index contributed by atoms with van der Waals surface area (Å²) >= 11 is 1.82. The van der Waals surface area contributed by atoms with E-state index in [9.17, 15) is 0 Å². The number of nitrogens with one attached hydrogen (secondary N) is 1. The fraction of sp³-hybridized carbons (Fsp3) is 0.538. The maximum absolute atomic E-state index is 8.98. The van der Waals surface area contributed by atoms with Gasteiger partial charge >= 0.3 is 0 Å². The van der Waals surface area contributed by atoms with Gasteiger partial charge in [-0.3, -0.25) is 0 Å². The van der Waals surface area contributed by atoms with Gasteiger partial charge in [0.2, 0.25) is 0 Å². The number of allylic oxidation sites excluding steroid dienone is 1. The normalized spacial score (nSPS) is 16.4. The van der Waals surface area contributed by atoms with Crippen molar-refractivity contribution >= 4 is 16.9 Å². The summed E-state index contributed by atoms with van der Waals surface area (Å²) in [4.78, 5) is 1.39. The Morgan fingerprint density at radius 3 is 2.81 bits per heavy atom. The van der Waals surface area contributed by atoms with E-state index >= 15 is 0 Å². The first-order chi connectivity index (χ1) is 7.92. The van der Waals surface area contributed by atoms with Gasteiger partial charge in [0.15, 0.2) is 0 Å². The molecule has 2 rings (SSSR count). The van der Waals surface area contributed by atoms with Crippen LogP contribution in [0.5, 0.6) is 0 Å². The van der Waals surface area contributed by atoms with Crippen LogP contribution >= 0.6 is 11.3 Å². The molecule has 0 aromatic carbocycles. The largest absolute Gasteiger partial charge is 0.396 e. The van der Waals surface area contributed by atoms with Crippen LogP contribution in [0.3, 0.4) is 0 Å². The first-order valence-corrected chi connectivity index (χ1v) is 6.86. The van der Waals surface area contributed by atoms with E-state index in [1.54, 1.807) is 5.57 Å². The van der Waals surface area contributed by atoms with Gasteiger partial charge in [0, 0.05) is 11.5 Å². The van der Waals surface area contributed by atoms with E-state index in [1.165, 1.54) is 23.3 Å². The molecule has 0 radical (unpaired) electrons. The van der Waals surface area contributed by atoms with E-state index < -0.39 is 0 Å². The number of rotatable bonds is 4. The second-order valence-electron chi connectivity index (χ2n) is 4.14. The van der Waals surface area contributed by atoms with Gasteiger partial charge in [0.25, 0.3) is 0 Å². The van der Waals surface area contributed by atoms with Crippen molar-refractivity contribution in [1.82, 2.24) is 5.32 Å². The number of piperidine rings is 1. The van der Waals surface area contributed by atoms with Crippen molar-refractivity contribution in [2.24, 2.45) is 0 Å². The number of hydrogen-bond acceptors (Lipinski definition) is 3. The molecule has 2 heterocycles. The Morgan fingerprint density at radius 2 is 2.19 bits per heavy atom. The van der Waals surface area contributed by atoms with Crippen LogP contribution in [-0.2, 0) is 0 Å². The monoisotopic (exact) mass is 237 g/mol. The summed E-state index contributed by atoms with van der Waals surface area (Å²) in [7, 11) is 0. The SMILES string of the molecule is OCCCC(=C1CCNCC1)c1cccs1. The number of thiophene rings is 1. The smallest absolute Gasteiger partial charge is 0.0434 e. The second-order valence-corrected chi connectivity index (χ2v) is 5.08. The van der Waals surface area contributed by atoms with Crippen LogP contribution in [0.4, 0.5) is 0 Å². The zero-order chi connectivity index (χ0) is 11.2. The average Bonchev–Trinajstić information content (AvgIpc) is 2.85. The lowest BCUT2D eigenvalue weighted by atomic mass is 9.95. The van der Waals surface area contributed by atoms with E-state index in [2.05, 4.69) is 22.8 Å². The fourth-order valence-corrected chi connectivity index (χ4v) is 3.06. The third-order valence-electron chi connectivity index (χ3n) is 3.04. The van der Waals surface area contributed by atoms with Crippen molar-refractivity contribution in [3.8, 4) is 0 Å². The molecule has 0 unspecified atom stereocenters. The maximum atomic E-state index is 8.98. The van der Waals surface area contributed by atoms with Crippen LogP contribution in [0.15, 0.2) is 23.1 Å². The van der Waals surface area contributed by atoms with Crippen LogP contribution in [0.1, 0.15) is 30.6 Å². The Bertz CT molecular complexity index is 335. The molecular weight excluding hydrogens is 218 g/mol. The highest BCUT2D eigenvalue weighted by molar-refractivity contribution is 7.11. The maximum Gasteiger partial charge on any atom is 0.0434 e. The average molecular weight is 237 g/mol. The van der Waals surface area contributed by atoms with Crippen LogP contribution in [-0.4, -0.2) is 24.8 Å². The molecule has 0 spiro atoms. The Kier molecular flexibility index (Phi) is 4.57. The van der Waals surface area contributed by atoms with Gasteiger partial charge < -0.3 is 10.4 Å². The van der Waals surface area contributed by atoms with E-state index in [4.69, 9.17) is 5.11 Å². The lowest BCUT2D eigenvalue weighted by Gasteiger charge is -2.19. The van der Waals surface area contributed by atoms with Crippen molar-refractivity contribution in [2.75, 3.05) is 19.7 Å². The molecule has 2 nitrogen and oxygen atoms in total. The Labute approximate surface area is 101 Å². The Hall–Kier alpha value is -0.640. The molecule has 1 aliphatic rings. The van der Waals surface area contributed by atoms with Crippen molar-refractivity contribution in [2.45, 2.75) is 25.7 Å². The fourth-order valence-electron chi connectivity index (χ4n) is 2.21. The minimum Gasteiger partial charge on any atom is -0.396 e. The van der Waals surface area contributed by atoms with E-state index in [0.717, 1.165) is 25.9 Å². The summed E-state index contributed by atoms with van der Waals surface area (Å²) < 4.78 is 0. The van der Waals surface area contributed by atoms with E-state index in [-0.39, 0.29) is 0 Å². The van der Waals surface area contributed by atoms with Gasteiger partial charge in [0.05, 0.1) is 0 Å². The molecular formula is C13H19NOS. The number of aliphatic hydroxyl groups is 1. The van der Waals surface area contributed by atoms with Crippen molar-refractivity contribution < 1.29 is 5.11 Å². The van der Waals surface area contributed by atoms with Gasteiger partial charge in [-0.2, -0.15) is 0 Å². The summed E-state index contributed by atoms with van der Waals surface area (Å²) in [6, 6.07) is 4.31. The molecule has 0 aliphatic carbocycles. The number of hydrogen-bond donors (Lipinski definition) is 2. The van der Waals surface area contributed by atoms with Crippen LogP contribution in [0.25, 0.3) is 5.57 Å². The summed E-state index contributed by atoms with van der Waals surface area (Å²) in [6.45, 7) is 2.49. The molecule has 2 N–H and O–H groups in total. The van der Waals surface area contributed by atoms with Crippen molar-refractivity contribution in [3.05, 3.63) is 28.0 Å². The lowest BCUT2D eigenvalue weighted by Crippen LogP contribution is -2.23. The molecule has 0 bridgehead atoms. The van der Waals surface area contributed by atoms with Gasteiger partial charge in [-0.05, 0) is 55.8 Å². The minimum atomic E-state index is 0.292. The molecule has 1 aromatic heterocycles. The highest BCUT2D eigenvalue weighted by atomic mass is 32.1. The van der Waals surface area contributed by atoms with Crippen LogP contribution in [0, 0.1) is 0 Å². The molecule has 1 aromatic rings. The number of aliphatic hydroxyl groups excluding tert-OH is 1. The zero-order valence-electron chi connectivity index (χ0n) is 9.54. The summed E-state index contributed by atoms with van der Waals surface area (Å²) in [5.41, 5.74) is 3.08. The van der Waals surface area contributed by atoms with Crippen LogP contribution in [0.2, 0.25) is 0 Å². The summed E-state index contributed by atoms with van der Waals surface area (Å²) in [6.07, 6.45) is 4.23. The first-order valence-electron chi connectivity index (χ1n) is 5.98. The molecule has 0 saturated carbocycles. The van der Waals surface area contributed by atoms with Crippen LogP contribution < -0.4 is 5.32 Å². The summed E-state index contributed by atoms with van der Waals surface area (Å²) in [5, 5.41) is 14.5. The molecule has 1 saturated heterocycles. The molecule has 3 heteroatoms. The predicted octanol–water partition coefficient (Wildman–Crippen LogP) is 2.66. The highest BCUT2D eigenvalue weighted by Gasteiger charge is 2.12. The Balaban J connectivity index is 2.19. The first kappa shape index (κ1) is 11.8. The van der Waals surface area contributed by atoms with Gasteiger partial charge in [-0.1, -0.05) is 11.6 Å². The van der Waals surface area contributed by atoms with Gasteiger partial charge in [-0.15, -0.1) is 11.3 Å². The molecule has 16 heavy (non-hydrogen) atoms. The third-order valence-corrected chi connectivity index (χ3v) is 3.97. The predicted molar refractivity (Wildman–Crippen MR) is 69.7 cm³/mol.